The second kappa shape index (κ2) is 10.7. The molecule has 4 rings (SSSR count). The van der Waals surface area contributed by atoms with E-state index < -0.39 is 5.82 Å². The van der Waals surface area contributed by atoms with Gasteiger partial charge < -0.3 is 14.8 Å². The minimum absolute atomic E-state index is 0.177. The number of H-pyrrole nitrogens is 1. The van der Waals surface area contributed by atoms with Crippen LogP contribution < -0.4 is 14.8 Å². The summed E-state index contributed by atoms with van der Waals surface area (Å²) >= 11 is 5.34. The molecule has 4 aromatic rings. The molecule has 34 heavy (non-hydrogen) atoms. The number of hydrogen-bond donors (Lipinski definition) is 2. The van der Waals surface area contributed by atoms with Gasteiger partial charge in [0.1, 0.15) is 17.3 Å². The lowest BCUT2D eigenvalue weighted by Crippen LogP contribution is -2.24. The number of rotatable bonds is 9. The lowest BCUT2D eigenvalue weighted by Gasteiger charge is -2.11. The first-order chi connectivity index (χ1) is 16.5. The number of ether oxygens (including phenoxy) is 2. The molecule has 2 aromatic carbocycles. The van der Waals surface area contributed by atoms with E-state index in [9.17, 15) is 9.18 Å². The predicted molar refractivity (Wildman–Crippen MR) is 127 cm³/mol. The van der Waals surface area contributed by atoms with Crippen LogP contribution in [0.4, 0.5) is 4.39 Å². The molecule has 0 aliphatic rings. The first-order valence-electron chi connectivity index (χ1n) is 10.5. The summed E-state index contributed by atoms with van der Waals surface area (Å²) in [6.45, 7) is 0.557. The molecule has 0 saturated carbocycles. The number of halogens is 1. The summed E-state index contributed by atoms with van der Waals surface area (Å²) in [4.78, 5) is 16.8. The van der Waals surface area contributed by atoms with Crippen molar-refractivity contribution >= 4 is 18.1 Å². The molecule has 8 nitrogen and oxygen atoms in total. The molecule has 0 spiro atoms. The number of aromatic amines is 1. The number of benzene rings is 2. The summed E-state index contributed by atoms with van der Waals surface area (Å²) in [5.74, 6) is 1.41. The monoisotopic (exact) mass is 479 g/mol. The molecule has 0 aliphatic heterocycles. The molecule has 0 aliphatic carbocycles. The minimum atomic E-state index is -0.407. The molecule has 0 unspecified atom stereocenters. The molecule has 0 fully saturated rings. The highest BCUT2D eigenvalue weighted by molar-refractivity contribution is 7.71. The van der Waals surface area contributed by atoms with E-state index in [4.69, 9.17) is 21.7 Å². The average Bonchev–Trinajstić information content (AvgIpc) is 3.22. The Morgan fingerprint density at radius 2 is 1.97 bits per heavy atom. The molecule has 0 atom stereocenters. The van der Waals surface area contributed by atoms with Crippen molar-refractivity contribution in [2.24, 2.45) is 0 Å². The van der Waals surface area contributed by atoms with E-state index in [1.54, 1.807) is 42.1 Å². The van der Waals surface area contributed by atoms with E-state index in [2.05, 4.69) is 20.5 Å². The maximum atomic E-state index is 13.4. The largest absolute Gasteiger partial charge is 0.497 e. The lowest BCUT2D eigenvalue weighted by molar-refractivity contribution is -0.121. The SMILES string of the molecule is COc1ccc(-c2n[nH]c(=S)n2CCC(=O)NCc2cccnc2Oc2cccc(F)c2)cc1. The van der Waals surface area contributed by atoms with Crippen molar-refractivity contribution < 1.29 is 18.7 Å². The normalized spacial score (nSPS) is 10.6. The zero-order chi connectivity index (χ0) is 23.9. The highest BCUT2D eigenvalue weighted by atomic mass is 32.1. The fourth-order valence-corrected chi connectivity index (χ4v) is 3.50. The summed E-state index contributed by atoms with van der Waals surface area (Å²) in [5, 5.41) is 9.94. The zero-order valence-corrected chi connectivity index (χ0v) is 19.1. The summed E-state index contributed by atoms with van der Waals surface area (Å²) in [6, 6.07) is 16.7. The van der Waals surface area contributed by atoms with Gasteiger partial charge in [-0.1, -0.05) is 12.1 Å². The van der Waals surface area contributed by atoms with Gasteiger partial charge in [0.05, 0.1) is 7.11 Å². The smallest absolute Gasteiger partial charge is 0.224 e. The molecule has 0 radical (unpaired) electrons. The number of hydrogen-bond acceptors (Lipinski definition) is 6. The Morgan fingerprint density at radius 1 is 1.15 bits per heavy atom. The van der Waals surface area contributed by atoms with Crippen LogP contribution in [0.2, 0.25) is 0 Å². The van der Waals surface area contributed by atoms with Crippen LogP contribution in [0.25, 0.3) is 11.4 Å². The van der Waals surface area contributed by atoms with Gasteiger partial charge in [-0.05, 0) is 54.7 Å². The van der Waals surface area contributed by atoms with Crippen LogP contribution in [0.3, 0.4) is 0 Å². The van der Waals surface area contributed by atoms with E-state index in [1.807, 2.05) is 24.3 Å². The zero-order valence-electron chi connectivity index (χ0n) is 18.3. The second-order valence-electron chi connectivity index (χ2n) is 7.29. The number of aromatic nitrogens is 4. The average molecular weight is 480 g/mol. The van der Waals surface area contributed by atoms with Gasteiger partial charge in [-0.25, -0.2) is 9.37 Å². The number of pyridine rings is 1. The number of carbonyl (C=O) groups is 1. The number of methoxy groups -OCH3 is 1. The predicted octanol–water partition coefficient (Wildman–Crippen LogP) is 4.65. The van der Waals surface area contributed by atoms with Gasteiger partial charge in [0.2, 0.25) is 11.8 Å². The Morgan fingerprint density at radius 3 is 2.74 bits per heavy atom. The topological polar surface area (TPSA) is 94.1 Å². The molecule has 10 heteroatoms. The molecule has 2 N–H and O–H groups in total. The number of nitrogens with one attached hydrogen (secondary N) is 2. The summed E-state index contributed by atoms with van der Waals surface area (Å²) < 4.78 is 26.5. The molecular formula is C24H22FN5O3S. The van der Waals surface area contributed by atoms with Crippen LogP contribution in [0.5, 0.6) is 17.4 Å². The van der Waals surface area contributed by atoms with Crippen molar-refractivity contribution in [3.05, 3.63) is 83.0 Å². The third kappa shape index (κ3) is 5.65. The van der Waals surface area contributed by atoms with Crippen LogP contribution in [-0.2, 0) is 17.9 Å². The standard InChI is InChI=1S/C24H22FN5O3S/c1-32-19-9-7-16(8-10-19)22-28-29-24(34)30(22)13-11-21(31)27-15-17-4-3-12-26-23(17)33-20-6-2-5-18(25)14-20/h2-10,12,14H,11,13,15H2,1H3,(H,27,31)(H,29,34). The maximum absolute atomic E-state index is 13.4. The second-order valence-corrected chi connectivity index (χ2v) is 7.67. The maximum Gasteiger partial charge on any atom is 0.224 e. The quantitative estimate of drug-likeness (QED) is 0.340. The lowest BCUT2D eigenvalue weighted by atomic mass is 10.2. The van der Waals surface area contributed by atoms with Crippen molar-refractivity contribution in [2.75, 3.05) is 7.11 Å². The van der Waals surface area contributed by atoms with Crippen molar-refractivity contribution in [3.8, 4) is 28.8 Å². The Balaban J connectivity index is 1.38. The number of nitrogens with zero attached hydrogens (tertiary/aromatic N) is 3. The first-order valence-corrected chi connectivity index (χ1v) is 10.9. The van der Waals surface area contributed by atoms with Gasteiger partial charge >= 0.3 is 0 Å². The van der Waals surface area contributed by atoms with Gasteiger partial charge in [-0.15, -0.1) is 0 Å². The number of carbonyl (C=O) groups excluding carboxylic acids is 1. The minimum Gasteiger partial charge on any atom is -0.497 e. The molecule has 2 heterocycles. The van der Waals surface area contributed by atoms with E-state index in [1.165, 1.54) is 12.1 Å². The third-order valence-corrected chi connectivity index (χ3v) is 5.32. The highest BCUT2D eigenvalue weighted by Crippen LogP contribution is 2.24. The van der Waals surface area contributed by atoms with Crippen molar-refractivity contribution in [3.63, 3.8) is 0 Å². The van der Waals surface area contributed by atoms with E-state index in [0.29, 0.717) is 34.3 Å². The molecule has 1 amide bonds. The molecular weight excluding hydrogens is 457 g/mol. The summed E-state index contributed by atoms with van der Waals surface area (Å²) in [7, 11) is 1.60. The van der Waals surface area contributed by atoms with Crippen molar-refractivity contribution in [1.82, 2.24) is 25.1 Å². The summed E-state index contributed by atoms with van der Waals surface area (Å²) in [5.41, 5.74) is 1.52. The van der Waals surface area contributed by atoms with Gasteiger partial charge in [0, 0.05) is 42.9 Å². The van der Waals surface area contributed by atoms with Gasteiger partial charge in [0.25, 0.3) is 0 Å². The molecule has 0 bridgehead atoms. The van der Waals surface area contributed by atoms with Crippen molar-refractivity contribution in [1.29, 1.82) is 0 Å². The van der Waals surface area contributed by atoms with Gasteiger partial charge in [-0.3, -0.25) is 14.5 Å². The van der Waals surface area contributed by atoms with Crippen LogP contribution in [-0.4, -0.2) is 32.8 Å². The first kappa shape index (κ1) is 23.1. The molecule has 0 saturated heterocycles. The Hall–Kier alpha value is -4.05. The van der Waals surface area contributed by atoms with E-state index in [0.717, 1.165) is 11.3 Å². The van der Waals surface area contributed by atoms with Crippen LogP contribution in [0.1, 0.15) is 12.0 Å². The Bertz CT molecular complexity index is 1340. The Labute approximate surface area is 200 Å². The highest BCUT2D eigenvalue weighted by Gasteiger charge is 2.12. The fourth-order valence-electron chi connectivity index (χ4n) is 3.27. The van der Waals surface area contributed by atoms with E-state index >= 15 is 0 Å². The van der Waals surface area contributed by atoms with Gasteiger partial charge in [-0.2, -0.15) is 5.10 Å². The van der Waals surface area contributed by atoms with Crippen LogP contribution in [0, 0.1) is 10.6 Å². The Kier molecular flexibility index (Phi) is 7.28. The summed E-state index contributed by atoms with van der Waals surface area (Å²) in [6.07, 6.45) is 1.76. The van der Waals surface area contributed by atoms with Crippen LogP contribution in [0.15, 0.2) is 66.9 Å². The third-order valence-electron chi connectivity index (χ3n) is 5.01. The van der Waals surface area contributed by atoms with Gasteiger partial charge in [0.15, 0.2) is 10.6 Å². The van der Waals surface area contributed by atoms with E-state index in [-0.39, 0.29) is 18.9 Å². The van der Waals surface area contributed by atoms with Crippen LogP contribution >= 0.6 is 12.2 Å². The fraction of sp³-hybridized carbons (Fsp3) is 0.167. The molecule has 2 aromatic heterocycles. The number of amides is 1. The van der Waals surface area contributed by atoms with Crippen molar-refractivity contribution in [2.45, 2.75) is 19.5 Å². The molecule has 174 valence electrons.